The van der Waals surface area contributed by atoms with Gasteiger partial charge in [0.25, 0.3) is 5.91 Å². The third-order valence-corrected chi connectivity index (χ3v) is 5.94. The van der Waals surface area contributed by atoms with Gasteiger partial charge in [0, 0.05) is 18.3 Å². The molecule has 2 aromatic carbocycles. The van der Waals surface area contributed by atoms with Crippen LogP contribution in [0.5, 0.6) is 0 Å². The summed E-state index contributed by atoms with van der Waals surface area (Å²) in [6, 6.07) is 9.27. The Hall–Kier alpha value is -3.40. The molecule has 1 fully saturated rings. The van der Waals surface area contributed by atoms with Crippen molar-refractivity contribution in [3.05, 3.63) is 69.7 Å². The Labute approximate surface area is 181 Å². The number of nitrogens with one attached hydrogen (secondary N) is 2. The number of benzene rings is 2. The Bertz CT molecular complexity index is 1120. The molecule has 3 amide bonds. The highest BCUT2D eigenvalue weighted by Gasteiger charge is 2.33. The lowest BCUT2D eigenvalue weighted by Crippen LogP contribution is -2.34. The number of nitrogens with zero attached hydrogens (tertiary/aromatic N) is 3. The minimum atomic E-state index is -0.725. The zero-order valence-corrected chi connectivity index (χ0v) is 17.4. The molecular formula is C21H19F2N5O2S. The summed E-state index contributed by atoms with van der Waals surface area (Å²) in [5.74, 6) is -1.76. The van der Waals surface area contributed by atoms with E-state index in [1.807, 2.05) is 19.1 Å². The largest absolute Gasteiger partial charge is 0.322 e. The molecule has 2 heterocycles. The van der Waals surface area contributed by atoms with E-state index in [4.69, 9.17) is 0 Å². The summed E-state index contributed by atoms with van der Waals surface area (Å²) in [5, 5.41) is 13.9. The van der Waals surface area contributed by atoms with Crippen molar-refractivity contribution < 1.29 is 18.4 Å². The first-order chi connectivity index (χ1) is 14.9. The number of urea groups is 1. The number of carbonyl (C=O) groups excluding carboxylic acids is 2. The molecule has 7 nitrogen and oxygen atoms in total. The van der Waals surface area contributed by atoms with Crippen LogP contribution in [0.1, 0.15) is 39.3 Å². The highest BCUT2D eigenvalue weighted by Crippen LogP contribution is 2.34. The first-order valence-electron chi connectivity index (χ1n) is 9.65. The molecule has 10 heteroatoms. The third kappa shape index (κ3) is 4.69. The molecule has 3 aromatic rings. The number of amides is 3. The van der Waals surface area contributed by atoms with Gasteiger partial charge >= 0.3 is 6.03 Å². The summed E-state index contributed by atoms with van der Waals surface area (Å²) >= 11 is 1.10. The second kappa shape index (κ2) is 8.76. The topological polar surface area (TPSA) is 87.2 Å². The van der Waals surface area contributed by atoms with Gasteiger partial charge in [-0.2, -0.15) is 0 Å². The van der Waals surface area contributed by atoms with Crippen molar-refractivity contribution in [1.29, 1.82) is 0 Å². The van der Waals surface area contributed by atoms with Crippen LogP contribution < -0.4 is 10.6 Å². The fourth-order valence-electron chi connectivity index (χ4n) is 3.33. The third-order valence-electron chi connectivity index (χ3n) is 4.91. The van der Waals surface area contributed by atoms with Crippen LogP contribution in [0.25, 0.3) is 0 Å². The molecule has 4 rings (SSSR count). The highest BCUT2D eigenvalue weighted by atomic mass is 32.1. The normalized spacial score (nSPS) is 15.7. The van der Waals surface area contributed by atoms with E-state index >= 15 is 0 Å². The summed E-state index contributed by atoms with van der Waals surface area (Å²) in [4.78, 5) is 26.6. The van der Waals surface area contributed by atoms with Gasteiger partial charge in [-0.25, -0.2) is 13.6 Å². The predicted molar refractivity (Wildman–Crippen MR) is 113 cm³/mol. The van der Waals surface area contributed by atoms with Gasteiger partial charge in [0.05, 0.1) is 11.7 Å². The van der Waals surface area contributed by atoms with Gasteiger partial charge in [0.1, 0.15) is 16.6 Å². The minimum absolute atomic E-state index is 0.180. The molecule has 1 unspecified atom stereocenters. The van der Waals surface area contributed by atoms with Crippen molar-refractivity contribution in [2.45, 2.75) is 25.8 Å². The van der Waals surface area contributed by atoms with Gasteiger partial charge in [-0.05, 0) is 44.0 Å². The van der Waals surface area contributed by atoms with E-state index in [0.717, 1.165) is 35.1 Å². The number of hydrogen-bond donors (Lipinski definition) is 2. The van der Waals surface area contributed by atoms with Crippen LogP contribution in [0.2, 0.25) is 0 Å². The summed E-state index contributed by atoms with van der Waals surface area (Å²) in [6.45, 7) is 2.38. The fraction of sp³-hybridized carbons (Fsp3) is 0.238. The molecule has 0 bridgehead atoms. The van der Waals surface area contributed by atoms with Crippen LogP contribution >= 0.6 is 11.3 Å². The highest BCUT2D eigenvalue weighted by molar-refractivity contribution is 7.13. The average molecular weight is 443 g/mol. The maximum absolute atomic E-state index is 13.9. The Morgan fingerprint density at radius 1 is 1.10 bits per heavy atom. The molecule has 1 aliphatic heterocycles. The van der Waals surface area contributed by atoms with E-state index in [0.29, 0.717) is 30.1 Å². The van der Waals surface area contributed by atoms with Crippen molar-refractivity contribution in [2.24, 2.45) is 0 Å². The number of carbonyl (C=O) groups is 2. The van der Waals surface area contributed by atoms with Crippen molar-refractivity contribution in [2.75, 3.05) is 17.2 Å². The predicted octanol–water partition coefficient (Wildman–Crippen LogP) is 4.75. The molecule has 1 aliphatic rings. The Morgan fingerprint density at radius 3 is 2.65 bits per heavy atom. The lowest BCUT2D eigenvalue weighted by Gasteiger charge is -2.23. The molecule has 1 saturated heterocycles. The number of likely N-dealkylation sites (tertiary alicyclic amines) is 1. The van der Waals surface area contributed by atoms with Crippen molar-refractivity contribution in [1.82, 2.24) is 15.1 Å². The minimum Gasteiger partial charge on any atom is -0.320 e. The molecule has 1 aromatic heterocycles. The molecule has 1 atom stereocenters. The first kappa shape index (κ1) is 20.9. The molecular weight excluding hydrogens is 424 g/mol. The summed E-state index contributed by atoms with van der Waals surface area (Å²) in [6.07, 6.45) is 1.35. The number of aromatic nitrogens is 2. The van der Waals surface area contributed by atoms with Crippen molar-refractivity contribution >= 4 is 34.6 Å². The monoisotopic (exact) mass is 443 g/mol. The van der Waals surface area contributed by atoms with Crippen LogP contribution in [0.15, 0.2) is 42.5 Å². The second-order valence-electron chi connectivity index (χ2n) is 7.17. The summed E-state index contributed by atoms with van der Waals surface area (Å²) in [5.41, 5.74) is 1.49. The molecule has 160 valence electrons. The van der Waals surface area contributed by atoms with E-state index in [-0.39, 0.29) is 16.6 Å². The fourth-order valence-corrected chi connectivity index (χ4v) is 4.22. The molecule has 0 radical (unpaired) electrons. The van der Waals surface area contributed by atoms with Crippen molar-refractivity contribution in [3.63, 3.8) is 0 Å². The molecule has 2 N–H and O–H groups in total. The van der Waals surface area contributed by atoms with Gasteiger partial charge in [-0.1, -0.05) is 29.0 Å². The average Bonchev–Trinajstić information content (AvgIpc) is 3.42. The van der Waals surface area contributed by atoms with E-state index in [1.54, 1.807) is 12.1 Å². The van der Waals surface area contributed by atoms with E-state index < -0.39 is 23.7 Å². The SMILES string of the molecule is Cc1ccc(NC(=O)c2nnc(C3CCCN3C(=O)Nc3cc(F)ccc3F)s2)cc1. The standard InChI is InChI=1S/C21H19F2N5O2S/c1-12-4-7-14(8-5-12)24-18(29)20-27-26-19(31-20)17-3-2-10-28(17)21(30)25-16-11-13(22)6-9-15(16)23/h4-9,11,17H,2-3,10H2,1H3,(H,24,29)(H,25,30). The summed E-state index contributed by atoms with van der Waals surface area (Å²) in [7, 11) is 0. The zero-order valence-electron chi connectivity index (χ0n) is 16.6. The number of rotatable bonds is 4. The lowest BCUT2D eigenvalue weighted by molar-refractivity contribution is 0.102. The molecule has 0 aliphatic carbocycles. The summed E-state index contributed by atoms with van der Waals surface area (Å²) < 4.78 is 27.3. The van der Waals surface area contributed by atoms with Gasteiger partial charge in [-0.15, -0.1) is 10.2 Å². The van der Waals surface area contributed by atoms with Crippen LogP contribution in [0.3, 0.4) is 0 Å². The van der Waals surface area contributed by atoms with E-state index in [2.05, 4.69) is 20.8 Å². The van der Waals surface area contributed by atoms with E-state index in [9.17, 15) is 18.4 Å². The van der Waals surface area contributed by atoms with Crippen LogP contribution in [0.4, 0.5) is 25.0 Å². The van der Waals surface area contributed by atoms with Crippen LogP contribution in [-0.2, 0) is 0 Å². The van der Waals surface area contributed by atoms with Gasteiger partial charge in [0.15, 0.2) is 0 Å². The van der Waals surface area contributed by atoms with Crippen LogP contribution in [0, 0.1) is 18.6 Å². The first-order valence-corrected chi connectivity index (χ1v) is 10.5. The second-order valence-corrected chi connectivity index (χ2v) is 8.18. The number of aryl methyl sites for hydroxylation is 1. The van der Waals surface area contributed by atoms with Crippen molar-refractivity contribution in [3.8, 4) is 0 Å². The Balaban J connectivity index is 1.45. The van der Waals surface area contributed by atoms with E-state index in [1.165, 1.54) is 4.90 Å². The zero-order chi connectivity index (χ0) is 22.0. The molecule has 31 heavy (non-hydrogen) atoms. The van der Waals surface area contributed by atoms with Gasteiger partial charge in [0.2, 0.25) is 5.01 Å². The van der Waals surface area contributed by atoms with Gasteiger partial charge in [-0.3, -0.25) is 4.79 Å². The Kier molecular flexibility index (Phi) is 5.90. The maximum atomic E-state index is 13.9. The molecule has 0 saturated carbocycles. The van der Waals surface area contributed by atoms with Crippen LogP contribution in [-0.4, -0.2) is 33.6 Å². The maximum Gasteiger partial charge on any atom is 0.322 e. The molecule has 0 spiro atoms. The lowest BCUT2D eigenvalue weighted by atomic mass is 10.2. The number of hydrogen-bond acceptors (Lipinski definition) is 5. The number of halogens is 2. The Morgan fingerprint density at radius 2 is 1.87 bits per heavy atom. The number of anilines is 2. The smallest absolute Gasteiger partial charge is 0.320 e. The quantitative estimate of drug-likeness (QED) is 0.609. The van der Waals surface area contributed by atoms with Gasteiger partial charge < -0.3 is 15.5 Å².